The summed E-state index contributed by atoms with van der Waals surface area (Å²) in [7, 11) is -1.65. The quantitative estimate of drug-likeness (QED) is 0.521. The SMILES string of the molecule is CC#CCC(CC#CBr)CO[Si](C)(C)C(C)(C)C. The van der Waals surface area contributed by atoms with E-state index in [9.17, 15) is 0 Å². The summed E-state index contributed by atoms with van der Waals surface area (Å²) in [5.41, 5.74) is 0. The van der Waals surface area contributed by atoms with Gasteiger partial charge in [0.2, 0.25) is 0 Å². The molecule has 0 fully saturated rings. The van der Waals surface area contributed by atoms with E-state index in [-0.39, 0.29) is 5.04 Å². The summed E-state index contributed by atoms with van der Waals surface area (Å²) < 4.78 is 6.24. The molecule has 0 saturated carbocycles. The number of hydrogen-bond acceptors (Lipinski definition) is 1. The molecule has 0 aromatic rings. The van der Waals surface area contributed by atoms with Crippen LogP contribution in [0.4, 0.5) is 0 Å². The maximum Gasteiger partial charge on any atom is 0.191 e. The van der Waals surface area contributed by atoms with Crippen molar-refractivity contribution in [3.8, 4) is 22.6 Å². The van der Waals surface area contributed by atoms with Crippen molar-refractivity contribution in [2.24, 2.45) is 5.92 Å². The Morgan fingerprint density at radius 3 is 2.17 bits per heavy atom. The van der Waals surface area contributed by atoms with E-state index in [0.29, 0.717) is 5.92 Å². The molecule has 0 bridgehead atoms. The molecular formula is C15H25BrOSi. The van der Waals surface area contributed by atoms with Crippen molar-refractivity contribution in [2.75, 3.05) is 6.61 Å². The molecule has 1 nitrogen and oxygen atoms in total. The highest BCUT2D eigenvalue weighted by molar-refractivity contribution is 9.12. The molecule has 0 aliphatic heterocycles. The summed E-state index contributed by atoms with van der Waals surface area (Å²) >= 11 is 3.14. The zero-order chi connectivity index (χ0) is 14.2. The molecule has 0 radical (unpaired) electrons. The molecule has 0 heterocycles. The first-order valence-corrected chi connectivity index (χ1v) is 10.1. The van der Waals surface area contributed by atoms with Crippen LogP contribution < -0.4 is 0 Å². The fraction of sp³-hybridized carbons (Fsp3) is 0.733. The van der Waals surface area contributed by atoms with Crippen LogP contribution in [0.5, 0.6) is 0 Å². The van der Waals surface area contributed by atoms with Gasteiger partial charge in [-0.15, -0.1) is 11.8 Å². The van der Waals surface area contributed by atoms with Gasteiger partial charge in [-0.3, -0.25) is 0 Å². The molecular weight excluding hydrogens is 304 g/mol. The Kier molecular flexibility index (Phi) is 7.95. The molecule has 1 atom stereocenters. The average molecular weight is 329 g/mol. The predicted octanol–water partition coefficient (Wildman–Crippen LogP) is 4.78. The van der Waals surface area contributed by atoms with Crippen LogP contribution in [0.25, 0.3) is 0 Å². The van der Waals surface area contributed by atoms with Crippen molar-refractivity contribution in [3.63, 3.8) is 0 Å². The zero-order valence-corrected chi connectivity index (χ0v) is 15.1. The monoisotopic (exact) mass is 328 g/mol. The minimum absolute atomic E-state index is 0.259. The fourth-order valence-corrected chi connectivity index (χ4v) is 2.41. The van der Waals surface area contributed by atoms with Gasteiger partial charge in [0.1, 0.15) is 0 Å². The molecule has 0 amide bonds. The van der Waals surface area contributed by atoms with Gasteiger partial charge in [-0.1, -0.05) is 26.7 Å². The maximum absolute atomic E-state index is 6.24. The summed E-state index contributed by atoms with van der Waals surface area (Å²) in [5.74, 6) is 9.56. The third-order valence-corrected chi connectivity index (χ3v) is 8.29. The van der Waals surface area contributed by atoms with E-state index in [1.54, 1.807) is 0 Å². The number of rotatable bonds is 5. The minimum atomic E-state index is -1.65. The summed E-state index contributed by atoms with van der Waals surface area (Å²) in [6, 6.07) is 0. The van der Waals surface area contributed by atoms with Crippen LogP contribution in [0.3, 0.4) is 0 Å². The van der Waals surface area contributed by atoms with Gasteiger partial charge in [-0.25, -0.2) is 0 Å². The Balaban J connectivity index is 4.47. The topological polar surface area (TPSA) is 9.23 Å². The van der Waals surface area contributed by atoms with E-state index in [0.717, 1.165) is 19.4 Å². The molecule has 1 unspecified atom stereocenters. The third-order valence-electron chi connectivity index (χ3n) is 3.51. The molecule has 102 valence electrons. The molecule has 0 aliphatic carbocycles. The molecule has 0 saturated heterocycles. The molecule has 0 aromatic carbocycles. The van der Waals surface area contributed by atoms with Crippen LogP contribution in [-0.2, 0) is 4.43 Å². The third kappa shape index (κ3) is 6.64. The second-order valence-corrected chi connectivity index (χ2v) is 11.2. The van der Waals surface area contributed by atoms with E-state index < -0.39 is 8.32 Å². The lowest BCUT2D eigenvalue weighted by Crippen LogP contribution is -2.41. The van der Waals surface area contributed by atoms with Crippen LogP contribution in [-0.4, -0.2) is 14.9 Å². The molecule has 18 heavy (non-hydrogen) atoms. The van der Waals surface area contributed by atoms with Gasteiger partial charge < -0.3 is 4.43 Å². The van der Waals surface area contributed by atoms with Crippen molar-refractivity contribution in [1.82, 2.24) is 0 Å². The lowest BCUT2D eigenvalue weighted by Gasteiger charge is -2.37. The van der Waals surface area contributed by atoms with Crippen molar-refractivity contribution in [1.29, 1.82) is 0 Å². The lowest BCUT2D eigenvalue weighted by atomic mass is 10.0. The fourth-order valence-electron chi connectivity index (χ4n) is 1.16. The zero-order valence-electron chi connectivity index (χ0n) is 12.5. The molecule has 0 spiro atoms. The highest BCUT2D eigenvalue weighted by Crippen LogP contribution is 2.36. The highest BCUT2D eigenvalue weighted by Gasteiger charge is 2.37. The first-order valence-electron chi connectivity index (χ1n) is 6.36. The minimum Gasteiger partial charge on any atom is -0.416 e. The number of hydrogen-bond donors (Lipinski definition) is 0. The highest BCUT2D eigenvalue weighted by atomic mass is 79.9. The van der Waals surface area contributed by atoms with Crippen molar-refractivity contribution >= 4 is 24.2 Å². The second-order valence-electron chi connectivity index (χ2n) is 6.04. The normalized spacial score (nSPS) is 13.1. The van der Waals surface area contributed by atoms with E-state index in [4.69, 9.17) is 4.43 Å². The van der Waals surface area contributed by atoms with Crippen LogP contribution >= 0.6 is 15.9 Å². The standard InChI is InChI=1S/C15H25BrOSi/c1-7-8-10-14(11-9-12-16)13-17-18(5,6)15(2,3)4/h14H,10-11,13H2,1-6H3. The summed E-state index contributed by atoms with van der Waals surface area (Å²) in [6.45, 7) is 14.0. The van der Waals surface area contributed by atoms with E-state index in [2.05, 4.69) is 72.4 Å². The van der Waals surface area contributed by atoms with E-state index >= 15 is 0 Å². The van der Waals surface area contributed by atoms with Gasteiger partial charge >= 0.3 is 0 Å². The van der Waals surface area contributed by atoms with E-state index in [1.165, 1.54) is 0 Å². The lowest BCUT2D eigenvalue weighted by molar-refractivity contribution is 0.232. The Bertz CT molecular complexity index is 338. The molecule has 0 aliphatic rings. The Labute approximate surface area is 122 Å². The molecule has 3 heteroatoms. The van der Waals surface area contributed by atoms with Gasteiger partial charge in [0.05, 0.1) is 0 Å². The van der Waals surface area contributed by atoms with Crippen molar-refractivity contribution in [2.45, 2.75) is 58.7 Å². The maximum atomic E-state index is 6.24. The summed E-state index contributed by atoms with van der Waals surface area (Å²) in [5, 5.41) is 0.259. The van der Waals surface area contributed by atoms with Crippen molar-refractivity contribution < 1.29 is 4.43 Å². The van der Waals surface area contributed by atoms with E-state index in [1.807, 2.05) is 6.92 Å². The van der Waals surface area contributed by atoms with Gasteiger partial charge in [0, 0.05) is 41.3 Å². The smallest absolute Gasteiger partial charge is 0.191 e. The van der Waals surface area contributed by atoms with Crippen molar-refractivity contribution in [3.05, 3.63) is 0 Å². The number of halogens is 1. The second kappa shape index (κ2) is 8.05. The van der Waals surface area contributed by atoms with Gasteiger partial charge in [-0.05, 0) is 29.9 Å². The Hall–Kier alpha value is -0.223. The average Bonchev–Trinajstić information content (AvgIpc) is 2.26. The molecule has 0 aromatic heterocycles. The Morgan fingerprint density at radius 2 is 1.72 bits per heavy atom. The van der Waals surface area contributed by atoms with Gasteiger partial charge in [0.15, 0.2) is 8.32 Å². The Morgan fingerprint density at radius 1 is 1.17 bits per heavy atom. The molecule has 0 N–H and O–H groups in total. The predicted molar refractivity (Wildman–Crippen MR) is 86.0 cm³/mol. The van der Waals surface area contributed by atoms with Gasteiger partial charge in [-0.2, -0.15) is 0 Å². The first-order chi connectivity index (χ1) is 8.24. The summed E-state index contributed by atoms with van der Waals surface area (Å²) in [4.78, 5) is 2.77. The summed E-state index contributed by atoms with van der Waals surface area (Å²) in [6.07, 6.45) is 1.71. The first kappa shape index (κ1) is 17.8. The van der Waals surface area contributed by atoms with Crippen LogP contribution in [0.15, 0.2) is 0 Å². The van der Waals surface area contributed by atoms with Crippen LogP contribution in [0, 0.1) is 28.5 Å². The molecule has 0 rings (SSSR count). The van der Waals surface area contributed by atoms with Crippen LogP contribution in [0.1, 0.15) is 40.5 Å². The van der Waals surface area contributed by atoms with Gasteiger partial charge in [0.25, 0.3) is 0 Å². The van der Waals surface area contributed by atoms with Crippen LogP contribution in [0.2, 0.25) is 18.1 Å². The largest absolute Gasteiger partial charge is 0.416 e.